The fraction of sp³-hybridized carbons (Fsp3) is 0.533. The van der Waals surface area contributed by atoms with E-state index < -0.39 is 44.7 Å². The van der Waals surface area contributed by atoms with Crippen molar-refractivity contribution < 1.29 is 31.5 Å². The Balaban J connectivity index is 2.05. The SMILES string of the molecule is CC(NS(=O)(=O)c1ccccc1C(F)(F)F)C(=O)NCC1CNCC1O. The van der Waals surface area contributed by atoms with Crippen LogP contribution < -0.4 is 15.4 Å². The Morgan fingerprint density at radius 1 is 1.35 bits per heavy atom. The van der Waals surface area contributed by atoms with Crippen molar-refractivity contribution in [2.24, 2.45) is 5.92 Å². The Labute approximate surface area is 149 Å². The Bertz CT molecular complexity index is 755. The molecule has 4 N–H and O–H groups in total. The summed E-state index contributed by atoms with van der Waals surface area (Å²) in [7, 11) is -4.56. The van der Waals surface area contributed by atoms with Crippen LogP contribution in [0.15, 0.2) is 29.2 Å². The molecule has 1 aromatic carbocycles. The number of aliphatic hydroxyl groups excluding tert-OH is 1. The van der Waals surface area contributed by atoms with Crippen molar-refractivity contribution in [2.75, 3.05) is 19.6 Å². The molecule has 3 atom stereocenters. The zero-order valence-electron chi connectivity index (χ0n) is 13.9. The molecule has 0 aromatic heterocycles. The standard InChI is InChI=1S/C15H20F3N3O4S/c1-9(14(23)20-7-10-6-19-8-12(10)22)21-26(24,25)13-5-3-2-4-11(13)15(16,17)18/h2-5,9-10,12,19,21-22H,6-8H2,1H3,(H,20,23). The second-order valence-corrected chi connectivity index (χ2v) is 7.75. The fourth-order valence-corrected chi connectivity index (χ4v) is 4.03. The van der Waals surface area contributed by atoms with Crippen LogP contribution in [0.25, 0.3) is 0 Å². The molecule has 1 amide bonds. The topological polar surface area (TPSA) is 108 Å². The van der Waals surface area contributed by atoms with Gasteiger partial charge < -0.3 is 15.7 Å². The van der Waals surface area contributed by atoms with Gasteiger partial charge in [-0.3, -0.25) is 4.79 Å². The maximum Gasteiger partial charge on any atom is 0.417 e. The summed E-state index contributed by atoms with van der Waals surface area (Å²) in [5.74, 6) is -0.911. The molecule has 1 heterocycles. The van der Waals surface area contributed by atoms with E-state index >= 15 is 0 Å². The Morgan fingerprint density at radius 3 is 2.58 bits per heavy atom. The third kappa shape index (κ3) is 4.93. The molecule has 7 nitrogen and oxygen atoms in total. The van der Waals surface area contributed by atoms with Gasteiger partial charge in [0.25, 0.3) is 0 Å². The maximum atomic E-state index is 13.0. The first kappa shape index (κ1) is 20.6. The zero-order valence-corrected chi connectivity index (χ0v) is 14.7. The van der Waals surface area contributed by atoms with E-state index in [0.29, 0.717) is 19.2 Å². The van der Waals surface area contributed by atoms with Gasteiger partial charge in [-0.15, -0.1) is 0 Å². The monoisotopic (exact) mass is 395 g/mol. The van der Waals surface area contributed by atoms with Crippen molar-refractivity contribution in [1.82, 2.24) is 15.4 Å². The molecule has 0 radical (unpaired) electrons. The number of alkyl halides is 3. The van der Waals surface area contributed by atoms with Crippen LogP contribution in [0.2, 0.25) is 0 Å². The highest BCUT2D eigenvalue weighted by molar-refractivity contribution is 7.89. The number of carbonyl (C=O) groups is 1. The second-order valence-electron chi connectivity index (χ2n) is 6.07. The molecule has 26 heavy (non-hydrogen) atoms. The number of nitrogens with one attached hydrogen (secondary N) is 3. The molecule has 1 saturated heterocycles. The van der Waals surface area contributed by atoms with Gasteiger partial charge in [0.2, 0.25) is 15.9 Å². The molecular formula is C15H20F3N3O4S. The van der Waals surface area contributed by atoms with Gasteiger partial charge >= 0.3 is 6.18 Å². The van der Waals surface area contributed by atoms with Gasteiger partial charge in [-0.1, -0.05) is 12.1 Å². The van der Waals surface area contributed by atoms with E-state index in [1.165, 1.54) is 13.0 Å². The van der Waals surface area contributed by atoms with Crippen LogP contribution in [0, 0.1) is 5.92 Å². The second kappa shape index (κ2) is 7.91. The molecule has 1 fully saturated rings. The number of hydrogen-bond acceptors (Lipinski definition) is 5. The Kier molecular flexibility index (Phi) is 6.27. The molecule has 3 unspecified atom stereocenters. The molecule has 0 bridgehead atoms. The molecule has 0 saturated carbocycles. The zero-order chi connectivity index (χ0) is 19.5. The molecule has 146 valence electrons. The van der Waals surface area contributed by atoms with Crippen LogP contribution in [-0.4, -0.2) is 51.2 Å². The number of carbonyl (C=O) groups excluding carboxylic acids is 1. The van der Waals surface area contributed by atoms with E-state index in [0.717, 1.165) is 12.1 Å². The molecule has 1 aliphatic heterocycles. The van der Waals surface area contributed by atoms with E-state index in [4.69, 9.17) is 0 Å². The largest absolute Gasteiger partial charge is 0.417 e. The summed E-state index contributed by atoms with van der Waals surface area (Å²) < 4.78 is 65.5. The number of halogens is 3. The lowest BCUT2D eigenvalue weighted by Gasteiger charge is -2.19. The number of sulfonamides is 1. The van der Waals surface area contributed by atoms with Crippen LogP contribution in [0.4, 0.5) is 13.2 Å². The fourth-order valence-electron chi connectivity index (χ4n) is 2.60. The van der Waals surface area contributed by atoms with Crippen molar-refractivity contribution in [3.05, 3.63) is 29.8 Å². The summed E-state index contributed by atoms with van der Waals surface area (Å²) in [4.78, 5) is 11.1. The minimum absolute atomic E-state index is 0.123. The van der Waals surface area contributed by atoms with Gasteiger partial charge in [-0.2, -0.15) is 17.9 Å². The number of aliphatic hydroxyl groups is 1. The van der Waals surface area contributed by atoms with Crippen LogP contribution >= 0.6 is 0 Å². The van der Waals surface area contributed by atoms with E-state index in [9.17, 15) is 31.5 Å². The van der Waals surface area contributed by atoms with Gasteiger partial charge in [0, 0.05) is 25.6 Å². The average molecular weight is 395 g/mol. The van der Waals surface area contributed by atoms with E-state index in [1.807, 2.05) is 4.72 Å². The summed E-state index contributed by atoms with van der Waals surface area (Å²) in [5, 5.41) is 15.1. The summed E-state index contributed by atoms with van der Waals surface area (Å²) in [6.45, 7) is 2.25. The number of β-amino-alcohol motifs (C(OH)–C–C–N with tert-alkyl or cyclic N) is 1. The minimum atomic E-state index is -4.84. The molecule has 11 heteroatoms. The van der Waals surface area contributed by atoms with Crippen LogP contribution in [-0.2, 0) is 21.0 Å². The first-order valence-electron chi connectivity index (χ1n) is 7.87. The van der Waals surface area contributed by atoms with Crippen LogP contribution in [0.3, 0.4) is 0 Å². The van der Waals surface area contributed by atoms with Crippen LogP contribution in [0.5, 0.6) is 0 Å². The smallest absolute Gasteiger partial charge is 0.391 e. The lowest BCUT2D eigenvalue weighted by molar-refractivity contribution is -0.139. The number of rotatable bonds is 6. The third-order valence-corrected chi connectivity index (χ3v) is 5.65. The molecule has 0 aliphatic carbocycles. The summed E-state index contributed by atoms with van der Waals surface area (Å²) in [5.41, 5.74) is -1.31. The Morgan fingerprint density at radius 2 is 2.00 bits per heavy atom. The van der Waals surface area contributed by atoms with Crippen molar-refractivity contribution >= 4 is 15.9 Å². The molecular weight excluding hydrogens is 375 g/mol. The molecule has 1 aliphatic rings. The lowest BCUT2D eigenvalue weighted by Crippen LogP contribution is -2.47. The first-order valence-corrected chi connectivity index (χ1v) is 9.35. The van der Waals surface area contributed by atoms with Gasteiger partial charge in [0.1, 0.15) is 0 Å². The molecule has 1 aromatic rings. The van der Waals surface area contributed by atoms with Crippen molar-refractivity contribution in [3.63, 3.8) is 0 Å². The van der Waals surface area contributed by atoms with Gasteiger partial charge in [-0.25, -0.2) is 8.42 Å². The normalized spacial score (nSPS) is 22.2. The van der Waals surface area contributed by atoms with Gasteiger partial charge in [-0.05, 0) is 19.1 Å². The number of benzene rings is 1. The predicted molar refractivity (Wildman–Crippen MR) is 86.6 cm³/mol. The lowest BCUT2D eigenvalue weighted by atomic mass is 10.1. The number of hydrogen-bond donors (Lipinski definition) is 4. The first-order chi connectivity index (χ1) is 12.0. The van der Waals surface area contributed by atoms with Gasteiger partial charge in [0.05, 0.1) is 22.6 Å². The highest BCUT2D eigenvalue weighted by Crippen LogP contribution is 2.33. The van der Waals surface area contributed by atoms with E-state index in [1.54, 1.807) is 0 Å². The third-order valence-electron chi connectivity index (χ3n) is 4.05. The summed E-state index contributed by atoms with van der Waals surface area (Å²) >= 11 is 0. The molecule has 0 spiro atoms. The quantitative estimate of drug-likeness (QED) is 0.545. The van der Waals surface area contributed by atoms with E-state index in [-0.39, 0.29) is 12.5 Å². The van der Waals surface area contributed by atoms with Crippen molar-refractivity contribution in [2.45, 2.75) is 30.1 Å². The summed E-state index contributed by atoms with van der Waals surface area (Å²) in [6, 6.07) is 2.46. The number of amides is 1. The predicted octanol–water partition coefficient (Wildman–Crippen LogP) is 0.0687. The van der Waals surface area contributed by atoms with Crippen molar-refractivity contribution in [1.29, 1.82) is 0 Å². The highest BCUT2D eigenvalue weighted by Gasteiger charge is 2.37. The van der Waals surface area contributed by atoms with E-state index in [2.05, 4.69) is 10.6 Å². The summed E-state index contributed by atoms with van der Waals surface area (Å²) in [6.07, 6.45) is -5.47. The molecule has 2 rings (SSSR count). The Hall–Kier alpha value is -1.69. The van der Waals surface area contributed by atoms with Crippen molar-refractivity contribution in [3.8, 4) is 0 Å². The van der Waals surface area contributed by atoms with Crippen LogP contribution in [0.1, 0.15) is 12.5 Å². The minimum Gasteiger partial charge on any atom is -0.391 e. The highest BCUT2D eigenvalue weighted by atomic mass is 32.2. The average Bonchev–Trinajstić information content (AvgIpc) is 2.96. The van der Waals surface area contributed by atoms with Gasteiger partial charge in [0.15, 0.2) is 0 Å². The maximum absolute atomic E-state index is 13.0.